The molecule has 120 valence electrons. The van der Waals surface area contributed by atoms with Gasteiger partial charge < -0.3 is 20.1 Å². The van der Waals surface area contributed by atoms with Crippen LogP contribution in [-0.4, -0.2) is 48.2 Å². The predicted octanol–water partition coefficient (Wildman–Crippen LogP) is 1.71. The van der Waals surface area contributed by atoms with E-state index in [2.05, 4.69) is 5.32 Å². The normalized spacial score (nSPS) is 20.9. The van der Waals surface area contributed by atoms with Crippen LogP contribution in [0.15, 0.2) is 30.3 Å². The van der Waals surface area contributed by atoms with Crippen molar-refractivity contribution in [2.24, 2.45) is 5.41 Å². The van der Waals surface area contributed by atoms with E-state index in [9.17, 15) is 9.59 Å². The SMILES string of the molecule is CC1(C(=O)O)CCN(C(=O)NCCOCc2ccccc2)C1. The van der Waals surface area contributed by atoms with Crippen molar-refractivity contribution >= 4 is 12.0 Å². The summed E-state index contributed by atoms with van der Waals surface area (Å²) in [7, 11) is 0. The van der Waals surface area contributed by atoms with E-state index in [0.29, 0.717) is 32.7 Å². The fourth-order valence-corrected chi connectivity index (χ4v) is 2.42. The summed E-state index contributed by atoms with van der Waals surface area (Å²) in [4.78, 5) is 24.6. The van der Waals surface area contributed by atoms with Gasteiger partial charge in [0.15, 0.2) is 0 Å². The van der Waals surface area contributed by atoms with Crippen molar-refractivity contribution in [3.05, 3.63) is 35.9 Å². The van der Waals surface area contributed by atoms with Gasteiger partial charge in [-0.15, -0.1) is 0 Å². The third-order valence-corrected chi connectivity index (χ3v) is 3.91. The minimum Gasteiger partial charge on any atom is -0.481 e. The van der Waals surface area contributed by atoms with Crippen LogP contribution in [0.1, 0.15) is 18.9 Å². The van der Waals surface area contributed by atoms with Gasteiger partial charge in [0.1, 0.15) is 0 Å². The molecule has 1 fully saturated rings. The summed E-state index contributed by atoms with van der Waals surface area (Å²) in [5.41, 5.74) is 0.256. The number of rotatable bonds is 6. The quantitative estimate of drug-likeness (QED) is 0.784. The standard InChI is InChI=1S/C16H22N2O4/c1-16(14(19)20)7-9-18(12-16)15(21)17-8-10-22-11-13-5-3-2-4-6-13/h2-6H,7-12H2,1H3,(H,17,21)(H,19,20). The first-order valence-electron chi connectivity index (χ1n) is 7.39. The van der Waals surface area contributed by atoms with Crippen LogP contribution in [0.2, 0.25) is 0 Å². The van der Waals surface area contributed by atoms with Crippen molar-refractivity contribution < 1.29 is 19.4 Å². The maximum Gasteiger partial charge on any atom is 0.317 e. The average Bonchev–Trinajstić information content (AvgIpc) is 2.92. The molecule has 0 bridgehead atoms. The molecule has 0 aliphatic carbocycles. The second-order valence-electron chi connectivity index (χ2n) is 5.81. The number of ether oxygens (including phenoxy) is 1. The lowest BCUT2D eigenvalue weighted by Gasteiger charge is -2.20. The maximum atomic E-state index is 12.0. The van der Waals surface area contributed by atoms with Crippen molar-refractivity contribution in [3.8, 4) is 0 Å². The van der Waals surface area contributed by atoms with E-state index < -0.39 is 11.4 Å². The molecular weight excluding hydrogens is 284 g/mol. The number of hydrogen-bond donors (Lipinski definition) is 2. The summed E-state index contributed by atoms with van der Waals surface area (Å²) in [5, 5.41) is 11.9. The third kappa shape index (κ3) is 4.21. The van der Waals surface area contributed by atoms with E-state index >= 15 is 0 Å². The number of carbonyl (C=O) groups is 2. The predicted molar refractivity (Wildman–Crippen MR) is 81.4 cm³/mol. The van der Waals surface area contributed by atoms with Gasteiger partial charge in [-0.05, 0) is 18.9 Å². The van der Waals surface area contributed by atoms with E-state index in [1.807, 2.05) is 30.3 Å². The Morgan fingerprint density at radius 3 is 2.73 bits per heavy atom. The number of hydrogen-bond acceptors (Lipinski definition) is 3. The van der Waals surface area contributed by atoms with Gasteiger partial charge in [-0.25, -0.2) is 4.79 Å². The Kier molecular flexibility index (Phi) is 5.38. The molecule has 1 saturated heterocycles. The van der Waals surface area contributed by atoms with Crippen LogP contribution in [0.25, 0.3) is 0 Å². The molecule has 1 aromatic carbocycles. The lowest BCUT2D eigenvalue weighted by Crippen LogP contribution is -2.41. The van der Waals surface area contributed by atoms with Crippen LogP contribution in [0.3, 0.4) is 0 Å². The van der Waals surface area contributed by atoms with Gasteiger partial charge in [-0.2, -0.15) is 0 Å². The van der Waals surface area contributed by atoms with Crippen LogP contribution in [0.5, 0.6) is 0 Å². The second-order valence-corrected chi connectivity index (χ2v) is 5.81. The Bertz CT molecular complexity index is 520. The molecule has 1 aromatic rings. The number of carboxylic acid groups (broad SMARTS) is 1. The summed E-state index contributed by atoms with van der Waals surface area (Å²) >= 11 is 0. The number of benzene rings is 1. The van der Waals surface area contributed by atoms with Crippen molar-refractivity contribution in [2.75, 3.05) is 26.2 Å². The molecular formula is C16H22N2O4. The van der Waals surface area contributed by atoms with Gasteiger partial charge >= 0.3 is 12.0 Å². The number of urea groups is 1. The zero-order valence-electron chi connectivity index (χ0n) is 12.7. The first-order chi connectivity index (χ1) is 10.5. The van der Waals surface area contributed by atoms with Crippen molar-refractivity contribution in [1.82, 2.24) is 10.2 Å². The molecule has 1 heterocycles. The average molecular weight is 306 g/mol. The lowest BCUT2D eigenvalue weighted by atomic mass is 9.90. The highest BCUT2D eigenvalue weighted by Gasteiger charge is 2.42. The van der Waals surface area contributed by atoms with Gasteiger partial charge in [0.05, 0.1) is 18.6 Å². The van der Waals surface area contributed by atoms with Gasteiger partial charge in [-0.1, -0.05) is 30.3 Å². The van der Waals surface area contributed by atoms with Crippen LogP contribution < -0.4 is 5.32 Å². The van der Waals surface area contributed by atoms with Crippen molar-refractivity contribution in [3.63, 3.8) is 0 Å². The van der Waals surface area contributed by atoms with Crippen molar-refractivity contribution in [2.45, 2.75) is 20.0 Å². The highest BCUT2D eigenvalue weighted by atomic mass is 16.5. The zero-order valence-corrected chi connectivity index (χ0v) is 12.7. The molecule has 2 amide bonds. The van der Waals surface area contributed by atoms with Gasteiger partial charge in [0, 0.05) is 19.6 Å². The smallest absolute Gasteiger partial charge is 0.317 e. The highest BCUT2D eigenvalue weighted by molar-refractivity contribution is 5.79. The van der Waals surface area contributed by atoms with E-state index in [0.717, 1.165) is 5.56 Å². The largest absolute Gasteiger partial charge is 0.481 e. The van der Waals surface area contributed by atoms with E-state index in [4.69, 9.17) is 9.84 Å². The highest BCUT2D eigenvalue weighted by Crippen LogP contribution is 2.29. The summed E-state index contributed by atoms with van der Waals surface area (Å²) in [6.07, 6.45) is 0.486. The summed E-state index contributed by atoms with van der Waals surface area (Å²) in [5.74, 6) is -0.853. The van der Waals surface area contributed by atoms with Crippen LogP contribution in [0.4, 0.5) is 4.79 Å². The molecule has 1 aliphatic heterocycles. The Balaban J connectivity index is 1.63. The number of nitrogens with one attached hydrogen (secondary N) is 1. The number of nitrogens with zero attached hydrogens (tertiary/aromatic N) is 1. The second kappa shape index (κ2) is 7.26. The Morgan fingerprint density at radius 1 is 1.36 bits per heavy atom. The minimum atomic E-state index is -0.853. The summed E-state index contributed by atoms with van der Waals surface area (Å²) < 4.78 is 5.48. The monoisotopic (exact) mass is 306 g/mol. The topological polar surface area (TPSA) is 78.9 Å². The number of aliphatic carboxylic acids is 1. The van der Waals surface area contributed by atoms with Crippen molar-refractivity contribution in [1.29, 1.82) is 0 Å². The fraction of sp³-hybridized carbons (Fsp3) is 0.500. The molecule has 6 nitrogen and oxygen atoms in total. The molecule has 2 N–H and O–H groups in total. The van der Waals surface area contributed by atoms with Gasteiger partial charge in [-0.3, -0.25) is 4.79 Å². The Labute approximate surface area is 130 Å². The molecule has 1 unspecified atom stereocenters. The Morgan fingerprint density at radius 2 is 2.09 bits per heavy atom. The molecule has 0 spiro atoms. The summed E-state index contributed by atoms with van der Waals surface area (Å²) in [6.45, 7) is 3.73. The van der Waals surface area contributed by atoms with Gasteiger partial charge in [0.25, 0.3) is 0 Å². The van der Waals surface area contributed by atoms with E-state index in [1.54, 1.807) is 11.8 Å². The minimum absolute atomic E-state index is 0.228. The van der Waals surface area contributed by atoms with Crippen LogP contribution >= 0.6 is 0 Å². The number of likely N-dealkylation sites (tertiary alicyclic amines) is 1. The fourth-order valence-electron chi connectivity index (χ4n) is 2.42. The van der Waals surface area contributed by atoms with Crippen LogP contribution in [-0.2, 0) is 16.1 Å². The number of carbonyl (C=O) groups excluding carboxylic acids is 1. The molecule has 1 aliphatic rings. The maximum absolute atomic E-state index is 12.0. The van der Waals surface area contributed by atoms with E-state index in [1.165, 1.54) is 0 Å². The molecule has 0 saturated carbocycles. The molecule has 0 radical (unpaired) electrons. The Hall–Kier alpha value is -2.08. The molecule has 2 rings (SSSR count). The first kappa shape index (κ1) is 16.3. The lowest BCUT2D eigenvalue weighted by molar-refractivity contribution is -0.147. The van der Waals surface area contributed by atoms with E-state index in [-0.39, 0.29) is 12.6 Å². The number of amides is 2. The molecule has 1 atom stereocenters. The molecule has 6 heteroatoms. The molecule has 22 heavy (non-hydrogen) atoms. The zero-order chi connectivity index (χ0) is 16.0. The first-order valence-corrected chi connectivity index (χ1v) is 7.39. The van der Waals surface area contributed by atoms with Gasteiger partial charge in [0.2, 0.25) is 0 Å². The third-order valence-electron chi connectivity index (χ3n) is 3.91. The van der Waals surface area contributed by atoms with Crippen LogP contribution in [0, 0.1) is 5.41 Å². The number of carboxylic acids is 1. The molecule has 0 aromatic heterocycles. The summed E-state index contributed by atoms with van der Waals surface area (Å²) in [6, 6.07) is 9.59.